The molecule has 1 saturated heterocycles. The smallest absolute Gasteiger partial charge is 0.368 e. The third kappa shape index (κ3) is 5.47. The lowest BCUT2D eigenvalue weighted by molar-refractivity contribution is -0.137. The average molecular weight is 543 g/mol. The molecule has 1 aliphatic heterocycles. The number of carbonyl (C=O) groups excluding carboxylic acids is 1. The first-order chi connectivity index (χ1) is 17.3. The van der Waals surface area contributed by atoms with Gasteiger partial charge in [0.05, 0.1) is 22.5 Å². The van der Waals surface area contributed by atoms with Crippen molar-refractivity contribution in [3.05, 3.63) is 83.3 Å². The van der Waals surface area contributed by atoms with E-state index in [4.69, 9.17) is 5.73 Å². The summed E-state index contributed by atoms with van der Waals surface area (Å²) in [5, 5.41) is -1.28. The summed E-state index contributed by atoms with van der Waals surface area (Å²) < 4.78 is 107. The second-order valence-electron chi connectivity index (χ2n) is 8.56. The van der Waals surface area contributed by atoms with Crippen molar-refractivity contribution < 1.29 is 39.6 Å². The Labute approximate surface area is 207 Å². The molecule has 0 saturated carbocycles. The van der Waals surface area contributed by atoms with E-state index >= 15 is 0 Å². The number of hydrogen-bond acceptors (Lipinski definition) is 5. The lowest BCUT2D eigenvalue weighted by atomic mass is 10.1. The maximum atomic E-state index is 14.7. The molecule has 1 fully saturated rings. The van der Waals surface area contributed by atoms with Gasteiger partial charge in [-0.1, -0.05) is 0 Å². The van der Waals surface area contributed by atoms with Crippen LogP contribution in [0.4, 0.5) is 26.3 Å². The van der Waals surface area contributed by atoms with Crippen molar-refractivity contribution in [3.63, 3.8) is 0 Å². The Bertz CT molecular complexity index is 1450. The molecule has 2 unspecified atom stereocenters. The highest BCUT2D eigenvalue weighted by Crippen LogP contribution is 2.33. The summed E-state index contributed by atoms with van der Waals surface area (Å²) in [6.45, 7) is -0.569. The van der Waals surface area contributed by atoms with Gasteiger partial charge in [0.25, 0.3) is 0 Å². The number of likely N-dealkylation sites (tertiary alicyclic amines) is 1. The number of halogens is 6. The van der Waals surface area contributed by atoms with Gasteiger partial charge in [-0.15, -0.1) is 0 Å². The van der Waals surface area contributed by atoms with Crippen molar-refractivity contribution in [3.8, 4) is 11.3 Å². The molecule has 2 N–H and O–H groups in total. The molecule has 3 aromatic rings. The lowest BCUT2D eigenvalue weighted by Gasteiger charge is -2.22. The predicted molar refractivity (Wildman–Crippen MR) is 120 cm³/mol. The first-order valence-corrected chi connectivity index (χ1v) is 12.4. The molecule has 2 atom stereocenters. The van der Waals surface area contributed by atoms with Gasteiger partial charge >= 0.3 is 6.18 Å². The Morgan fingerprint density at radius 2 is 1.76 bits per heavy atom. The first-order valence-electron chi connectivity index (χ1n) is 10.8. The van der Waals surface area contributed by atoms with Crippen LogP contribution in [0.3, 0.4) is 0 Å². The van der Waals surface area contributed by atoms with Crippen LogP contribution < -0.4 is 5.73 Å². The van der Waals surface area contributed by atoms with Gasteiger partial charge in [-0.05, 0) is 48.9 Å². The predicted octanol–water partition coefficient (Wildman–Crippen LogP) is 4.09. The number of rotatable bonds is 6. The second kappa shape index (κ2) is 9.78. The van der Waals surface area contributed by atoms with Crippen molar-refractivity contribution in [2.45, 2.75) is 35.3 Å². The number of benzene rings is 2. The zero-order valence-electron chi connectivity index (χ0n) is 18.8. The summed E-state index contributed by atoms with van der Waals surface area (Å²) in [6, 6.07) is 6.56. The van der Waals surface area contributed by atoms with Crippen LogP contribution in [0.2, 0.25) is 0 Å². The van der Waals surface area contributed by atoms with Crippen LogP contribution in [0, 0.1) is 17.5 Å². The molecule has 1 aromatic heterocycles. The minimum Gasteiger partial charge on any atom is -0.368 e. The minimum absolute atomic E-state index is 0.0106. The van der Waals surface area contributed by atoms with Gasteiger partial charge in [0.1, 0.15) is 22.3 Å². The van der Waals surface area contributed by atoms with E-state index in [1.807, 2.05) is 0 Å². The third-order valence-corrected chi connectivity index (χ3v) is 8.30. The summed E-state index contributed by atoms with van der Waals surface area (Å²) >= 11 is 0. The maximum Gasteiger partial charge on any atom is 0.417 e. The Balaban J connectivity index is 1.61. The molecule has 2 heterocycles. The molecule has 196 valence electrons. The van der Waals surface area contributed by atoms with Gasteiger partial charge in [-0.2, -0.15) is 13.2 Å². The standard InChI is InChI=1S/C24H19F6N3O3S/c25-16-3-6-22(19(27)8-16)37(35,36)17-9-21(23(31)34)33(12-17)11-14-7-13(1-4-18(14)26)20-5-2-15(10-32-20)24(28,29)30/h1-8,10,17,21H,9,11-12H2,(H2,31,34). The van der Waals surface area contributed by atoms with Crippen molar-refractivity contribution >= 4 is 15.7 Å². The van der Waals surface area contributed by atoms with Gasteiger partial charge in [0.15, 0.2) is 9.84 Å². The summed E-state index contributed by atoms with van der Waals surface area (Å²) in [5.41, 5.74) is 4.93. The van der Waals surface area contributed by atoms with Gasteiger partial charge in [-0.25, -0.2) is 21.6 Å². The van der Waals surface area contributed by atoms with E-state index in [-0.39, 0.29) is 36.3 Å². The quantitative estimate of drug-likeness (QED) is 0.374. The van der Waals surface area contributed by atoms with Crippen LogP contribution in [0.25, 0.3) is 11.3 Å². The zero-order valence-corrected chi connectivity index (χ0v) is 19.7. The Kier molecular flexibility index (Phi) is 7.04. The summed E-state index contributed by atoms with van der Waals surface area (Å²) in [5.74, 6) is -3.83. The van der Waals surface area contributed by atoms with Gasteiger partial charge < -0.3 is 5.73 Å². The molecule has 13 heteroatoms. The van der Waals surface area contributed by atoms with Crippen molar-refractivity contribution in [2.75, 3.05) is 6.54 Å². The van der Waals surface area contributed by atoms with Gasteiger partial charge in [-0.3, -0.25) is 14.7 Å². The number of hydrogen-bond donors (Lipinski definition) is 1. The number of nitrogens with two attached hydrogens (primary N) is 1. The molecule has 2 aromatic carbocycles. The fourth-order valence-electron chi connectivity index (χ4n) is 4.25. The third-order valence-electron chi connectivity index (χ3n) is 6.14. The largest absolute Gasteiger partial charge is 0.417 e. The number of nitrogens with zero attached hydrogens (tertiary/aromatic N) is 2. The normalized spacial score (nSPS) is 18.8. The van der Waals surface area contributed by atoms with Crippen molar-refractivity contribution in [2.24, 2.45) is 5.73 Å². The second-order valence-corrected chi connectivity index (χ2v) is 10.8. The van der Waals surface area contributed by atoms with E-state index < -0.39 is 61.1 Å². The number of carbonyl (C=O) groups is 1. The molecule has 1 aliphatic rings. The highest BCUT2D eigenvalue weighted by molar-refractivity contribution is 7.92. The van der Waals surface area contributed by atoms with Gasteiger partial charge in [0.2, 0.25) is 5.91 Å². The van der Waals surface area contributed by atoms with Crippen LogP contribution >= 0.6 is 0 Å². The monoisotopic (exact) mass is 543 g/mol. The highest BCUT2D eigenvalue weighted by Gasteiger charge is 2.43. The lowest BCUT2D eigenvalue weighted by Crippen LogP contribution is -2.39. The zero-order chi connectivity index (χ0) is 27.1. The number of amides is 1. The number of alkyl halides is 3. The SMILES string of the molecule is NC(=O)C1CC(S(=O)(=O)c2ccc(F)cc2F)CN1Cc1cc(-c2ccc(C(F)(F)F)cn2)ccc1F. The number of pyridine rings is 1. The van der Waals surface area contributed by atoms with E-state index in [0.717, 1.165) is 30.3 Å². The van der Waals surface area contributed by atoms with Crippen molar-refractivity contribution in [1.82, 2.24) is 9.88 Å². The molecule has 1 amide bonds. The molecule has 0 bridgehead atoms. The Morgan fingerprint density at radius 1 is 1.03 bits per heavy atom. The van der Waals surface area contributed by atoms with Crippen LogP contribution in [-0.4, -0.2) is 42.0 Å². The van der Waals surface area contributed by atoms with Crippen LogP contribution in [-0.2, 0) is 27.4 Å². The molecular formula is C24H19F6N3O3S. The van der Waals surface area contributed by atoms with E-state index in [1.54, 1.807) is 0 Å². The maximum absolute atomic E-state index is 14.7. The molecule has 4 rings (SSSR count). The summed E-state index contributed by atoms with van der Waals surface area (Å²) in [4.78, 5) is 16.5. The molecule has 0 radical (unpaired) electrons. The van der Waals surface area contributed by atoms with Crippen LogP contribution in [0.1, 0.15) is 17.5 Å². The Hall–Kier alpha value is -3.45. The Morgan fingerprint density at radius 3 is 2.35 bits per heavy atom. The summed E-state index contributed by atoms with van der Waals surface area (Å²) in [6.07, 6.45) is -4.23. The fourth-order valence-corrected chi connectivity index (χ4v) is 6.02. The molecule has 0 aliphatic carbocycles. The molecule has 0 spiro atoms. The molecule has 37 heavy (non-hydrogen) atoms. The molecular weight excluding hydrogens is 524 g/mol. The van der Waals surface area contributed by atoms with E-state index in [0.29, 0.717) is 12.3 Å². The van der Waals surface area contributed by atoms with Crippen LogP contribution in [0.5, 0.6) is 0 Å². The van der Waals surface area contributed by atoms with Gasteiger partial charge in [0, 0.05) is 36.5 Å². The number of sulfone groups is 1. The molecule has 6 nitrogen and oxygen atoms in total. The van der Waals surface area contributed by atoms with E-state index in [9.17, 15) is 39.6 Å². The highest BCUT2D eigenvalue weighted by atomic mass is 32.2. The first kappa shape index (κ1) is 26.6. The number of aromatic nitrogens is 1. The van der Waals surface area contributed by atoms with Crippen LogP contribution in [0.15, 0.2) is 59.6 Å². The minimum atomic E-state index is -4.58. The topological polar surface area (TPSA) is 93.4 Å². The van der Waals surface area contributed by atoms with E-state index in [1.165, 1.54) is 17.0 Å². The number of primary amides is 1. The average Bonchev–Trinajstić information content (AvgIpc) is 3.25. The van der Waals surface area contributed by atoms with E-state index in [2.05, 4.69) is 4.98 Å². The summed E-state index contributed by atoms with van der Waals surface area (Å²) in [7, 11) is -4.34. The van der Waals surface area contributed by atoms with Crippen molar-refractivity contribution in [1.29, 1.82) is 0 Å². The fraction of sp³-hybridized carbons (Fsp3) is 0.250.